The highest BCUT2D eigenvalue weighted by Crippen LogP contribution is 2.46. The van der Waals surface area contributed by atoms with Crippen LogP contribution in [-0.4, -0.2) is 37.5 Å². The summed E-state index contributed by atoms with van der Waals surface area (Å²) in [4.78, 5) is 10.1. The van der Waals surface area contributed by atoms with Crippen LogP contribution < -0.4 is 19.7 Å². The minimum absolute atomic E-state index is 0.0303. The van der Waals surface area contributed by atoms with E-state index in [4.69, 9.17) is 12.5 Å². The molecule has 0 unspecified atom stereocenters. The van der Waals surface area contributed by atoms with E-state index in [1.165, 1.54) is 46.5 Å². The van der Waals surface area contributed by atoms with Gasteiger partial charge < -0.3 is 19.3 Å². The molecule has 64 heavy (non-hydrogen) atoms. The molecule has 0 aromatic heterocycles. The van der Waals surface area contributed by atoms with E-state index in [1.807, 2.05) is 0 Å². The van der Waals surface area contributed by atoms with E-state index in [9.17, 15) is 5.11 Å². The molecule has 0 radical (unpaired) electrons. The van der Waals surface area contributed by atoms with E-state index in [2.05, 4.69) is 190 Å². The summed E-state index contributed by atoms with van der Waals surface area (Å²) in [7, 11) is 0. The van der Waals surface area contributed by atoms with Crippen molar-refractivity contribution < 1.29 is 17.6 Å². The lowest BCUT2D eigenvalue weighted by Crippen LogP contribution is -2.34. The summed E-state index contributed by atoms with van der Waals surface area (Å²) < 4.78 is 14.0. The van der Waals surface area contributed by atoms with Crippen LogP contribution in [0.1, 0.15) is 38.5 Å². The standard InChI is InChI=1S/C56H51IN3O4/c57-64-62-37-13-34-58(35-36-61)46-30-32-50-54(38-46)63-55-39-47(59(43-18-3-1-4-19-43)44-20-5-2-6-21-44)31-33-51(55)56(50)42-26-28-45(29-27-42)60(52-24-11-16-40-14-7-9-22-48(40)52)53-25-12-17-41-15-8-10-23-49(41)53/h1,3-4,7-12,14-19,22-33,38-39,44,61H,2,5-6,13,20-21,34-37H2/q+1. The van der Waals surface area contributed by atoms with Gasteiger partial charge in [-0.05, 0) is 83.8 Å². The molecule has 3 aliphatic rings. The fraction of sp³-hybridized carbons (Fsp3) is 0.196. The topological polar surface area (TPSA) is 61.3 Å². The number of aliphatic hydroxyl groups excluding tert-OH is 1. The quantitative estimate of drug-likeness (QED) is 0.0293. The number of aliphatic hydroxyl groups is 1. The number of hydrogen-bond donors (Lipinski definition) is 1. The number of rotatable bonds is 14. The van der Waals surface area contributed by atoms with Crippen LogP contribution in [0.4, 0.5) is 28.4 Å². The van der Waals surface area contributed by atoms with Crippen LogP contribution in [0, 0.1) is 0 Å². The maximum absolute atomic E-state index is 10.1. The van der Waals surface area contributed by atoms with Gasteiger partial charge in [-0.3, -0.25) is 0 Å². The molecule has 0 amide bonds. The number of nitrogens with zero attached hydrogens (tertiary/aromatic N) is 3. The molecule has 10 rings (SSSR count). The molecule has 1 aliphatic heterocycles. The molecule has 1 saturated carbocycles. The second-order valence-electron chi connectivity index (χ2n) is 16.7. The predicted molar refractivity (Wildman–Crippen MR) is 271 cm³/mol. The predicted octanol–water partition coefficient (Wildman–Crippen LogP) is 13.9. The molecule has 7 aromatic carbocycles. The average molecular weight is 957 g/mol. The lowest BCUT2D eigenvalue weighted by atomic mass is 9.92. The second-order valence-corrected chi connectivity index (χ2v) is 17.0. The van der Waals surface area contributed by atoms with Crippen LogP contribution in [0.3, 0.4) is 0 Å². The highest BCUT2D eigenvalue weighted by Gasteiger charge is 2.26. The molecule has 7 nitrogen and oxygen atoms in total. The van der Waals surface area contributed by atoms with Crippen molar-refractivity contribution in [3.63, 3.8) is 0 Å². The normalized spacial score (nSPS) is 13.8. The third-order valence-electron chi connectivity index (χ3n) is 12.8. The van der Waals surface area contributed by atoms with Gasteiger partial charge in [-0.1, -0.05) is 122 Å². The van der Waals surface area contributed by atoms with Gasteiger partial charge in [-0.15, -0.1) is 0 Å². The second kappa shape index (κ2) is 19.4. The smallest absolute Gasteiger partial charge is 0.203 e. The number of hydrogen-bond acceptors (Lipinski definition) is 6. The van der Waals surface area contributed by atoms with Gasteiger partial charge in [0, 0.05) is 68.9 Å². The van der Waals surface area contributed by atoms with Crippen LogP contribution >= 0.6 is 23.0 Å². The van der Waals surface area contributed by atoms with E-state index < -0.39 is 0 Å². The van der Waals surface area contributed by atoms with E-state index in [-0.39, 0.29) is 6.61 Å². The molecule has 2 aliphatic carbocycles. The van der Waals surface area contributed by atoms with Gasteiger partial charge in [-0.25, -0.2) is 9.46 Å². The van der Waals surface area contributed by atoms with Crippen LogP contribution in [0.5, 0.6) is 0 Å². The largest absolute Gasteiger partial charge is 0.456 e. The number of anilines is 5. The van der Waals surface area contributed by atoms with Crippen molar-refractivity contribution in [3.8, 4) is 22.5 Å². The molecule has 7 aromatic rings. The molecule has 0 atom stereocenters. The zero-order chi connectivity index (χ0) is 43.2. The molecular formula is C56H51IN3O4+. The summed E-state index contributed by atoms with van der Waals surface area (Å²) in [5.41, 5.74) is 9.71. The third kappa shape index (κ3) is 8.51. The SMILES string of the molecule is OCC/[N+](CCCOOI)=c1/ccc2c(-c3ccc(N(c4cccc5ccccc45)c4cccc5ccccc45)cc3)c3ccc(N(c4ccccc4)C4CCCCC4)cc3oc-2c1. The Morgan fingerprint density at radius 3 is 1.95 bits per heavy atom. The molecule has 0 saturated heterocycles. The summed E-state index contributed by atoms with van der Waals surface area (Å²) in [5, 5.41) is 16.9. The molecule has 0 spiro atoms. The first-order valence-corrected chi connectivity index (χ1v) is 23.4. The highest BCUT2D eigenvalue weighted by molar-refractivity contribution is 14.1. The van der Waals surface area contributed by atoms with Gasteiger partial charge in [0.1, 0.15) is 24.5 Å². The van der Waals surface area contributed by atoms with E-state index in [0.29, 0.717) is 25.7 Å². The molecule has 0 bridgehead atoms. The fourth-order valence-electron chi connectivity index (χ4n) is 9.85. The van der Waals surface area contributed by atoms with Crippen molar-refractivity contribution in [2.24, 2.45) is 0 Å². The molecule has 8 heteroatoms. The number of para-hydroxylation sites is 1. The maximum Gasteiger partial charge on any atom is 0.203 e. The van der Waals surface area contributed by atoms with Gasteiger partial charge in [-0.2, -0.15) is 3.22 Å². The maximum atomic E-state index is 10.1. The van der Waals surface area contributed by atoms with Crippen molar-refractivity contribution >= 4 is 84.0 Å². The monoisotopic (exact) mass is 956 g/mol. The number of benzene rings is 8. The average Bonchev–Trinajstić information content (AvgIpc) is 3.35. The Kier molecular flexibility index (Phi) is 12.7. The summed E-state index contributed by atoms with van der Waals surface area (Å²) in [6.07, 6.45) is 6.82. The van der Waals surface area contributed by atoms with Gasteiger partial charge in [0.15, 0.2) is 29.6 Å². The van der Waals surface area contributed by atoms with Crippen molar-refractivity contribution in [3.05, 3.63) is 181 Å². The highest BCUT2D eigenvalue weighted by atomic mass is 127. The lowest BCUT2D eigenvalue weighted by Gasteiger charge is -2.36. The summed E-state index contributed by atoms with van der Waals surface area (Å²) >= 11 is 1.74. The Labute approximate surface area is 388 Å². The molecule has 1 heterocycles. The Morgan fingerprint density at radius 1 is 0.609 bits per heavy atom. The van der Waals surface area contributed by atoms with Crippen molar-refractivity contribution in [1.82, 2.24) is 4.58 Å². The van der Waals surface area contributed by atoms with Crippen LogP contribution in [0.2, 0.25) is 0 Å². The lowest BCUT2D eigenvalue weighted by molar-refractivity contribution is -0.166. The van der Waals surface area contributed by atoms with Gasteiger partial charge >= 0.3 is 0 Å². The molecule has 320 valence electrons. The first-order valence-electron chi connectivity index (χ1n) is 22.5. The Balaban J connectivity index is 1.15. The van der Waals surface area contributed by atoms with Crippen LogP contribution in [-0.2, 0) is 8.10 Å². The Morgan fingerprint density at radius 2 is 1.27 bits per heavy atom. The van der Waals surface area contributed by atoms with E-state index >= 15 is 0 Å². The van der Waals surface area contributed by atoms with Gasteiger partial charge in [0.25, 0.3) is 0 Å². The fourth-order valence-corrected chi connectivity index (χ4v) is 10.0. The van der Waals surface area contributed by atoms with Gasteiger partial charge in [0.05, 0.1) is 24.0 Å². The zero-order valence-corrected chi connectivity index (χ0v) is 37.9. The van der Waals surface area contributed by atoms with E-state index in [1.54, 1.807) is 23.0 Å². The number of fused-ring (bicyclic) bond motifs is 4. The van der Waals surface area contributed by atoms with Crippen LogP contribution in [0.25, 0.3) is 55.0 Å². The van der Waals surface area contributed by atoms with Crippen LogP contribution in [0.15, 0.2) is 180 Å². The Hall–Kier alpha value is -6.04. The minimum Gasteiger partial charge on any atom is -0.456 e. The third-order valence-corrected chi connectivity index (χ3v) is 13.1. The number of halogens is 1. The van der Waals surface area contributed by atoms with Gasteiger partial charge in [0.2, 0.25) is 5.36 Å². The molecule has 1 fully saturated rings. The zero-order valence-electron chi connectivity index (χ0n) is 35.8. The van der Waals surface area contributed by atoms with Crippen molar-refractivity contribution in [2.45, 2.75) is 44.6 Å². The van der Waals surface area contributed by atoms with Crippen molar-refractivity contribution in [2.75, 3.05) is 36.1 Å². The molecule has 1 N–H and O–H groups in total. The molecular weight excluding hydrogens is 906 g/mol. The summed E-state index contributed by atoms with van der Waals surface area (Å²) in [6, 6.07) is 63.9. The van der Waals surface area contributed by atoms with Crippen molar-refractivity contribution in [1.29, 1.82) is 0 Å². The van der Waals surface area contributed by atoms with E-state index in [0.717, 1.165) is 80.8 Å². The summed E-state index contributed by atoms with van der Waals surface area (Å²) in [5.74, 6) is 0.785. The minimum atomic E-state index is 0.0303. The first-order chi connectivity index (χ1) is 31.7. The Bertz CT molecular complexity index is 2980. The summed E-state index contributed by atoms with van der Waals surface area (Å²) in [6.45, 7) is 1.66. The first kappa shape index (κ1) is 41.9.